The first-order valence-electron chi connectivity index (χ1n) is 9.97. The number of hydrogen-bond donors (Lipinski definition) is 0. The molecule has 2 aromatic carbocycles. The predicted molar refractivity (Wildman–Crippen MR) is 133 cm³/mol. The Balaban J connectivity index is 1.53. The van der Waals surface area contributed by atoms with Gasteiger partial charge >= 0.3 is 0 Å². The van der Waals surface area contributed by atoms with E-state index < -0.39 is 0 Å². The van der Waals surface area contributed by atoms with Gasteiger partial charge in [0, 0.05) is 30.3 Å². The summed E-state index contributed by atoms with van der Waals surface area (Å²) >= 11 is 3.27. The molecule has 0 radical (unpaired) electrons. The average Bonchev–Trinajstić information content (AvgIpc) is 3.58. The quantitative estimate of drug-likeness (QED) is 0.152. The number of nitriles is 1. The smallest absolute Gasteiger partial charge is 0.294 e. The highest BCUT2D eigenvalue weighted by atomic mass is 32.1. The minimum Gasteiger partial charge on any atom is -0.446 e. The Bertz CT molecular complexity index is 1610. The van der Waals surface area contributed by atoms with Crippen LogP contribution in [0.1, 0.15) is 4.88 Å². The lowest BCUT2D eigenvalue weighted by Crippen LogP contribution is -2.00. The van der Waals surface area contributed by atoms with Gasteiger partial charge in [-0.2, -0.15) is 0 Å². The van der Waals surface area contributed by atoms with Crippen molar-refractivity contribution in [2.75, 3.05) is 0 Å². The first-order chi connectivity index (χ1) is 16.2. The molecular weight excluding hydrogens is 450 g/mol. The Morgan fingerprint density at radius 3 is 2.58 bits per heavy atom. The number of para-hydroxylation sites is 1. The van der Waals surface area contributed by atoms with Gasteiger partial charge in [0.1, 0.15) is 0 Å². The molecule has 5 nitrogen and oxygen atoms in total. The molecule has 0 N–H and O–H groups in total. The third-order valence-electron chi connectivity index (χ3n) is 5.32. The summed E-state index contributed by atoms with van der Waals surface area (Å²) < 4.78 is 7.05. The van der Waals surface area contributed by atoms with E-state index in [-0.39, 0.29) is 12.4 Å². The van der Waals surface area contributed by atoms with Crippen LogP contribution in [0.5, 0.6) is 0 Å². The maximum absolute atomic E-state index is 10.8. The summed E-state index contributed by atoms with van der Waals surface area (Å²) in [4.78, 5) is 18.3. The number of carbonyl (C=O) groups is 1. The molecule has 0 unspecified atom stereocenters. The van der Waals surface area contributed by atoms with E-state index in [0.717, 1.165) is 46.9 Å². The summed E-state index contributed by atoms with van der Waals surface area (Å²) in [7, 11) is 0. The molecule has 158 valence electrons. The minimum absolute atomic E-state index is 0.0845. The Labute approximate surface area is 197 Å². The van der Waals surface area contributed by atoms with Crippen LogP contribution >= 0.6 is 22.7 Å². The van der Waals surface area contributed by atoms with Gasteiger partial charge < -0.3 is 9.30 Å². The molecular formula is C26H15N3O2S2. The molecule has 0 aliphatic heterocycles. The maximum Gasteiger partial charge on any atom is 0.294 e. The number of thiophene rings is 2. The molecule has 0 saturated carbocycles. The van der Waals surface area contributed by atoms with E-state index in [0.29, 0.717) is 6.47 Å². The first kappa shape index (κ1) is 20.7. The molecule has 0 saturated heterocycles. The number of hydrogen-bond acceptors (Lipinski definition) is 5. The van der Waals surface area contributed by atoms with Crippen LogP contribution in [0, 0.1) is 17.9 Å². The molecule has 5 rings (SSSR count). The number of carbonyl (C=O) groups excluding carboxylic acids is 1. The van der Waals surface area contributed by atoms with E-state index in [1.54, 1.807) is 28.7 Å². The van der Waals surface area contributed by atoms with Crippen molar-refractivity contribution in [3.8, 4) is 26.3 Å². The van der Waals surface area contributed by atoms with Crippen LogP contribution in [0.25, 0.3) is 52.9 Å². The Morgan fingerprint density at radius 1 is 1.00 bits per heavy atom. The molecule has 3 aromatic heterocycles. The minimum atomic E-state index is 0.0845. The van der Waals surface area contributed by atoms with Crippen molar-refractivity contribution in [2.24, 2.45) is 0 Å². The summed E-state index contributed by atoms with van der Waals surface area (Å²) in [5, 5.41) is 11.2. The van der Waals surface area contributed by atoms with Crippen LogP contribution in [0.4, 0.5) is 0 Å². The number of aromatic nitrogens is 1. The molecule has 0 fully saturated rings. The molecule has 5 aromatic rings. The fraction of sp³-hybridized carbons (Fsp3) is 0.0385. The lowest BCUT2D eigenvalue weighted by atomic mass is 10.1. The van der Waals surface area contributed by atoms with Crippen molar-refractivity contribution < 1.29 is 9.53 Å². The van der Waals surface area contributed by atoms with Crippen LogP contribution in [0.15, 0.2) is 72.4 Å². The summed E-state index contributed by atoms with van der Waals surface area (Å²) in [6, 6.07) is 24.5. The predicted octanol–water partition coefficient (Wildman–Crippen LogP) is 7.17. The van der Waals surface area contributed by atoms with E-state index in [1.165, 1.54) is 0 Å². The number of fused-ring (bicyclic) bond motifs is 3. The van der Waals surface area contributed by atoms with Crippen LogP contribution in [0.3, 0.4) is 0 Å². The van der Waals surface area contributed by atoms with Crippen LogP contribution in [-0.2, 0) is 16.3 Å². The molecule has 7 heteroatoms. The third-order valence-corrected chi connectivity index (χ3v) is 7.68. The van der Waals surface area contributed by atoms with Gasteiger partial charge in [-0.25, -0.2) is 10.1 Å². The van der Waals surface area contributed by atoms with E-state index in [2.05, 4.69) is 41.2 Å². The largest absolute Gasteiger partial charge is 0.446 e. The second-order valence-corrected chi connectivity index (χ2v) is 9.39. The Kier molecular flexibility index (Phi) is 5.50. The zero-order valence-corrected chi connectivity index (χ0v) is 18.8. The second-order valence-electron chi connectivity index (χ2n) is 7.19. The number of rotatable bonds is 6. The molecule has 0 aliphatic carbocycles. The highest BCUT2D eigenvalue weighted by Gasteiger charge is 2.13. The number of nitrogens with zero attached hydrogens (tertiary/aromatic N) is 3. The van der Waals surface area contributed by atoms with Crippen LogP contribution < -0.4 is 0 Å². The molecule has 0 bridgehead atoms. The van der Waals surface area contributed by atoms with Crippen molar-refractivity contribution in [1.82, 2.24) is 4.57 Å². The lowest BCUT2D eigenvalue weighted by Gasteiger charge is -2.05. The highest BCUT2D eigenvalue weighted by Crippen LogP contribution is 2.40. The van der Waals surface area contributed by atoms with Crippen molar-refractivity contribution in [2.45, 2.75) is 6.73 Å². The average molecular weight is 466 g/mol. The summed E-state index contributed by atoms with van der Waals surface area (Å²) in [5.41, 5.74) is 3.24. The van der Waals surface area contributed by atoms with E-state index in [4.69, 9.17) is 16.6 Å². The molecule has 3 heterocycles. The number of ether oxygens (including phenoxy) is 1. The van der Waals surface area contributed by atoms with Crippen LogP contribution in [0.2, 0.25) is 0 Å². The zero-order valence-electron chi connectivity index (χ0n) is 17.2. The first-order valence-corrected chi connectivity index (χ1v) is 11.6. The van der Waals surface area contributed by atoms with Crippen molar-refractivity contribution in [3.63, 3.8) is 0 Å². The van der Waals surface area contributed by atoms with E-state index in [9.17, 15) is 4.79 Å². The number of allylic oxidation sites excluding steroid dienone is 1. The van der Waals surface area contributed by atoms with Crippen molar-refractivity contribution in [1.29, 1.82) is 5.26 Å². The van der Waals surface area contributed by atoms with Crippen molar-refractivity contribution in [3.05, 3.63) is 88.7 Å². The van der Waals surface area contributed by atoms with Gasteiger partial charge in [-0.15, -0.1) is 22.7 Å². The normalized spacial score (nSPS) is 11.4. The van der Waals surface area contributed by atoms with Gasteiger partial charge in [-0.3, -0.25) is 4.79 Å². The molecule has 0 aliphatic rings. The Morgan fingerprint density at radius 2 is 1.76 bits per heavy atom. The highest BCUT2D eigenvalue weighted by molar-refractivity contribution is 7.24. The Hall–Kier alpha value is -4.17. The molecule has 33 heavy (non-hydrogen) atoms. The van der Waals surface area contributed by atoms with Gasteiger partial charge in [0.05, 0.1) is 23.7 Å². The topological polar surface area (TPSA) is 59.4 Å². The molecule has 0 amide bonds. The van der Waals surface area contributed by atoms with Gasteiger partial charge in [0.15, 0.2) is 6.73 Å². The second kappa shape index (κ2) is 8.76. The van der Waals surface area contributed by atoms with E-state index in [1.807, 2.05) is 41.0 Å². The fourth-order valence-corrected chi connectivity index (χ4v) is 5.90. The summed E-state index contributed by atoms with van der Waals surface area (Å²) in [6.07, 6.45) is 1.62. The van der Waals surface area contributed by atoms with Crippen LogP contribution in [-0.4, -0.2) is 11.0 Å². The maximum atomic E-state index is 10.8. The molecule has 0 atom stereocenters. The standard InChI is InChI=1S/C26H15N3O2S2/c1-28-18(14-27)13-19-7-9-25(32-19)26-11-10-24(33-26)17-6-8-23-21(12-17)20-4-2-3-5-22(20)29(23)15-31-16-30/h2-13,16H,15H2/b18-13-. The van der Waals surface area contributed by atoms with Gasteiger partial charge in [0.2, 0.25) is 0 Å². The van der Waals surface area contributed by atoms with E-state index >= 15 is 0 Å². The third kappa shape index (κ3) is 3.81. The lowest BCUT2D eigenvalue weighted by molar-refractivity contribution is -0.131. The summed E-state index contributed by atoms with van der Waals surface area (Å²) in [5.74, 6) is 0. The monoisotopic (exact) mass is 465 g/mol. The number of benzene rings is 2. The van der Waals surface area contributed by atoms with Gasteiger partial charge in [0.25, 0.3) is 12.2 Å². The SMILES string of the molecule is [C-]#[N+]/C(C#N)=C\c1ccc(-c2ccc(-c3ccc4c(c3)c3ccccc3n4COC=O)s2)s1. The summed E-state index contributed by atoms with van der Waals surface area (Å²) in [6.45, 7) is 7.68. The van der Waals surface area contributed by atoms with Crippen molar-refractivity contribution >= 4 is 57.0 Å². The fourth-order valence-electron chi connectivity index (χ4n) is 3.86. The zero-order chi connectivity index (χ0) is 22.8. The molecule has 0 spiro atoms. The van der Waals surface area contributed by atoms with Gasteiger partial charge in [-0.05, 0) is 54.1 Å². The van der Waals surface area contributed by atoms with Gasteiger partial charge in [-0.1, -0.05) is 24.3 Å².